The number of carbonyl (C=O) groups excluding carboxylic acids is 1. The van der Waals surface area contributed by atoms with Crippen molar-refractivity contribution in [2.45, 2.75) is 25.8 Å². The maximum atomic E-state index is 10.8. The average Bonchev–Trinajstić information content (AvgIpc) is 3.23. The van der Waals surface area contributed by atoms with Gasteiger partial charge < -0.3 is 14.4 Å². The highest BCUT2D eigenvalue weighted by Crippen LogP contribution is 2.30. The second kappa shape index (κ2) is 9.36. The minimum Gasteiger partial charge on any atom is -0.459 e. The van der Waals surface area contributed by atoms with Crippen LogP contribution in [0.1, 0.15) is 41.9 Å². The first kappa shape index (κ1) is 20.5. The highest BCUT2D eigenvalue weighted by molar-refractivity contribution is 5.77. The summed E-state index contributed by atoms with van der Waals surface area (Å²) in [5.74, 6) is 2.04. The van der Waals surface area contributed by atoms with E-state index in [1.807, 2.05) is 30.3 Å². The van der Waals surface area contributed by atoms with Crippen molar-refractivity contribution in [3.05, 3.63) is 54.0 Å². The maximum Gasteiger partial charge on any atom is 0.225 e. The van der Waals surface area contributed by atoms with Gasteiger partial charge in [-0.3, -0.25) is 9.69 Å². The van der Waals surface area contributed by atoms with Crippen LogP contribution in [0.2, 0.25) is 0 Å². The largest absolute Gasteiger partial charge is 0.459 e. The van der Waals surface area contributed by atoms with Crippen molar-refractivity contribution in [1.82, 2.24) is 14.9 Å². The summed E-state index contributed by atoms with van der Waals surface area (Å²) >= 11 is 0. The Balaban J connectivity index is 1.39. The summed E-state index contributed by atoms with van der Waals surface area (Å²) in [6.07, 6.45) is 5.97. The standard InChI is InChI=1S/C23H28N4O3/c1-2-26(20(16-29)22-11-19-5-3-4-6-21(19)30-22)14-17-7-9-27(10-8-17)23-24-12-18(15-28)13-25-23/h3-6,11-13,15,17,20,29H,2,7-10,14,16H2,1H3. The highest BCUT2D eigenvalue weighted by atomic mass is 16.3. The van der Waals surface area contributed by atoms with Gasteiger partial charge in [-0.05, 0) is 37.4 Å². The van der Waals surface area contributed by atoms with Gasteiger partial charge in [-0.2, -0.15) is 0 Å². The van der Waals surface area contributed by atoms with E-state index in [1.165, 1.54) is 0 Å². The van der Waals surface area contributed by atoms with Crippen LogP contribution in [0.3, 0.4) is 0 Å². The lowest BCUT2D eigenvalue weighted by Crippen LogP contribution is -2.41. The van der Waals surface area contributed by atoms with Gasteiger partial charge in [0.1, 0.15) is 11.3 Å². The molecule has 30 heavy (non-hydrogen) atoms. The molecule has 2 aromatic heterocycles. The van der Waals surface area contributed by atoms with Crippen molar-refractivity contribution in [2.24, 2.45) is 5.92 Å². The van der Waals surface area contributed by atoms with E-state index in [-0.39, 0.29) is 12.6 Å². The second-order valence-electron chi connectivity index (χ2n) is 7.84. The van der Waals surface area contributed by atoms with E-state index in [2.05, 4.69) is 26.7 Å². The number of furan rings is 1. The normalized spacial score (nSPS) is 16.3. The summed E-state index contributed by atoms with van der Waals surface area (Å²) in [4.78, 5) is 23.9. The molecule has 3 aromatic rings. The predicted molar refractivity (Wildman–Crippen MR) is 116 cm³/mol. The van der Waals surface area contributed by atoms with Crippen molar-refractivity contribution in [3.63, 3.8) is 0 Å². The van der Waals surface area contributed by atoms with Crippen molar-refractivity contribution < 1.29 is 14.3 Å². The van der Waals surface area contributed by atoms with Crippen LogP contribution in [0.4, 0.5) is 5.95 Å². The lowest BCUT2D eigenvalue weighted by Gasteiger charge is -2.36. The predicted octanol–water partition coefficient (Wildman–Crippen LogP) is 3.31. The molecule has 7 nitrogen and oxygen atoms in total. The molecule has 0 radical (unpaired) electrons. The van der Waals surface area contributed by atoms with Crippen LogP contribution in [0.15, 0.2) is 47.1 Å². The van der Waals surface area contributed by atoms with Gasteiger partial charge in [-0.1, -0.05) is 25.1 Å². The van der Waals surface area contributed by atoms with Crippen LogP contribution >= 0.6 is 0 Å². The Morgan fingerprint density at radius 1 is 1.27 bits per heavy atom. The number of para-hydroxylation sites is 1. The van der Waals surface area contributed by atoms with Gasteiger partial charge in [0.2, 0.25) is 5.95 Å². The fourth-order valence-corrected chi connectivity index (χ4v) is 4.23. The number of fused-ring (bicyclic) bond motifs is 1. The topological polar surface area (TPSA) is 82.7 Å². The van der Waals surface area contributed by atoms with E-state index in [1.54, 1.807) is 12.4 Å². The molecule has 0 spiro atoms. The third kappa shape index (κ3) is 4.37. The van der Waals surface area contributed by atoms with E-state index < -0.39 is 0 Å². The minimum atomic E-state index is -0.139. The molecule has 1 aromatic carbocycles. The fourth-order valence-electron chi connectivity index (χ4n) is 4.23. The number of rotatable bonds is 8. The zero-order valence-electron chi connectivity index (χ0n) is 17.3. The zero-order chi connectivity index (χ0) is 20.9. The third-order valence-corrected chi connectivity index (χ3v) is 5.98. The van der Waals surface area contributed by atoms with Crippen LogP contribution in [-0.4, -0.2) is 59.0 Å². The Bertz CT molecular complexity index is 931. The molecule has 158 valence electrons. The van der Waals surface area contributed by atoms with Gasteiger partial charge in [0.05, 0.1) is 18.2 Å². The summed E-state index contributed by atoms with van der Waals surface area (Å²) in [5, 5.41) is 11.2. The van der Waals surface area contributed by atoms with Crippen LogP contribution in [0.5, 0.6) is 0 Å². The summed E-state index contributed by atoms with van der Waals surface area (Å²) in [6, 6.07) is 9.86. The third-order valence-electron chi connectivity index (χ3n) is 5.98. The molecule has 3 heterocycles. The van der Waals surface area contributed by atoms with E-state index in [0.29, 0.717) is 17.4 Å². The minimum absolute atomic E-state index is 0.0312. The number of aromatic nitrogens is 2. The number of benzene rings is 1. The molecule has 4 rings (SSSR count). The van der Waals surface area contributed by atoms with Crippen molar-refractivity contribution in [3.8, 4) is 0 Å². The van der Waals surface area contributed by atoms with Gasteiger partial charge in [0.25, 0.3) is 0 Å². The van der Waals surface area contributed by atoms with Gasteiger partial charge in [0, 0.05) is 37.4 Å². The number of nitrogens with zero attached hydrogens (tertiary/aromatic N) is 4. The van der Waals surface area contributed by atoms with Crippen LogP contribution in [0.25, 0.3) is 11.0 Å². The summed E-state index contributed by atoms with van der Waals surface area (Å²) in [5.41, 5.74) is 1.35. The molecule has 1 atom stereocenters. The number of piperidine rings is 1. The number of aliphatic hydroxyl groups excluding tert-OH is 1. The average molecular weight is 409 g/mol. The molecule has 1 aliphatic heterocycles. The molecule has 0 saturated carbocycles. The Morgan fingerprint density at radius 3 is 2.63 bits per heavy atom. The monoisotopic (exact) mass is 408 g/mol. The first-order chi connectivity index (χ1) is 14.7. The number of aldehydes is 1. The molecule has 1 unspecified atom stereocenters. The lowest BCUT2D eigenvalue weighted by atomic mass is 9.95. The molecule has 1 fully saturated rings. The molecule has 1 saturated heterocycles. The second-order valence-corrected chi connectivity index (χ2v) is 7.84. The summed E-state index contributed by atoms with van der Waals surface area (Å²) in [6.45, 7) is 5.69. The SMILES string of the molecule is CCN(CC1CCN(c2ncc(C=O)cn2)CC1)C(CO)c1cc2ccccc2o1. The van der Waals surface area contributed by atoms with E-state index in [0.717, 1.165) is 62.0 Å². The molecule has 0 bridgehead atoms. The number of carbonyl (C=O) groups is 1. The van der Waals surface area contributed by atoms with Gasteiger partial charge in [-0.25, -0.2) is 9.97 Å². The smallest absolute Gasteiger partial charge is 0.225 e. The van der Waals surface area contributed by atoms with Crippen molar-refractivity contribution in [2.75, 3.05) is 37.7 Å². The molecular formula is C23H28N4O3. The molecule has 0 aliphatic carbocycles. The van der Waals surface area contributed by atoms with Crippen molar-refractivity contribution in [1.29, 1.82) is 0 Å². The number of likely N-dealkylation sites (N-methyl/N-ethyl adjacent to an activating group) is 1. The Labute approximate surface area is 176 Å². The first-order valence-electron chi connectivity index (χ1n) is 10.6. The number of anilines is 1. The number of hydrogen-bond donors (Lipinski definition) is 1. The van der Waals surface area contributed by atoms with E-state index in [4.69, 9.17) is 4.42 Å². The highest BCUT2D eigenvalue weighted by Gasteiger charge is 2.27. The van der Waals surface area contributed by atoms with E-state index >= 15 is 0 Å². The zero-order valence-corrected chi connectivity index (χ0v) is 17.3. The van der Waals surface area contributed by atoms with Crippen LogP contribution in [0, 0.1) is 5.92 Å². The molecule has 1 aliphatic rings. The summed E-state index contributed by atoms with van der Waals surface area (Å²) in [7, 11) is 0. The van der Waals surface area contributed by atoms with E-state index in [9.17, 15) is 9.90 Å². The van der Waals surface area contributed by atoms with Gasteiger partial charge >= 0.3 is 0 Å². The number of aliphatic hydroxyl groups is 1. The quantitative estimate of drug-likeness (QED) is 0.573. The Kier molecular flexibility index (Phi) is 6.40. The number of hydrogen-bond acceptors (Lipinski definition) is 7. The molecular weight excluding hydrogens is 380 g/mol. The maximum absolute atomic E-state index is 10.8. The van der Waals surface area contributed by atoms with Crippen LogP contribution < -0.4 is 4.90 Å². The molecule has 1 N–H and O–H groups in total. The lowest BCUT2D eigenvalue weighted by molar-refractivity contribution is 0.0930. The Hall–Kier alpha value is -2.77. The Morgan fingerprint density at radius 2 is 2.00 bits per heavy atom. The van der Waals surface area contributed by atoms with Crippen molar-refractivity contribution >= 4 is 23.2 Å². The van der Waals surface area contributed by atoms with Gasteiger partial charge in [-0.15, -0.1) is 0 Å². The molecule has 7 heteroatoms. The van der Waals surface area contributed by atoms with Crippen LogP contribution in [-0.2, 0) is 0 Å². The van der Waals surface area contributed by atoms with Gasteiger partial charge in [0.15, 0.2) is 6.29 Å². The summed E-state index contributed by atoms with van der Waals surface area (Å²) < 4.78 is 6.04. The first-order valence-corrected chi connectivity index (χ1v) is 10.6. The fraction of sp³-hybridized carbons (Fsp3) is 0.435. The molecule has 0 amide bonds.